The van der Waals surface area contributed by atoms with Gasteiger partial charge in [-0.1, -0.05) is 19.9 Å². The Morgan fingerprint density at radius 1 is 1.42 bits per heavy atom. The summed E-state index contributed by atoms with van der Waals surface area (Å²) in [6, 6.07) is 4.24. The molecule has 1 aromatic rings. The highest BCUT2D eigenvalue weighted by Crippen LogP contribution is 2.12. The summed E-state index contributed by atoms with van der Waals surface area (Å²) in [5.41, 5.74) is 1.00. The molecule has 5 nitrogen and oxygen atoms in total. The average Bonchev–Trinajstić information content (AvgIpc) is 2.43. The molecule has 0 aliphatic heterocycles. The van der Waals surface area contributed by atoms with E-state index in [0.29, 0.717) is 24.4 Å². The van der Waals surface area contributed by atoms with Crippen molar-refractivity contribution in [3.05, 3.63) is 23.9 Å². The Kier molecular flexibility index (Phi) is 6.12. The van der Waals surface area contributed by atoms with Crippen molar-refractivity contribution in [3.8, 4) is 5.88 Å². The van der Waals surface area contributed by atoms with Crippen molar-refractivity contribution in [1.82, 2.24) is 15.6 Å². The largest absolute Gasteiger partial charge is 0.481 e. The molecule has 0 saturated carbocycles. The van der Waals surface area contributed by atoms with Crippen LogP contribution in [0.25, 0.3) is 0 Å². The van der Waals surface area contributed by atoms with Crippen LogP contribution in [0.5, 0.6) is 5.88 Å². The van der Waals surface area contributed by atoms with Gasteiger partial charge in [0.1, 0.15) is 0 Å². The van der Waals surface area contributed by atoms with Crippen LogP contribution in [0.4, 0.5) is 0 Å². The number of rotatable bonds is 5. The second-order valence-electron chi connectivity index (χ2n) is 4.77. The molecule has 5 heteroatoms. The van der Waals surface area contributed by atoms with Crippen LogP contribution in [0.3, 0.4) is 0 Å². The zero-order chi connectivity index (χ0) is 14.3. The SMILES string of the molecule is CN=C(NCc1cccnc1OC)NC(C)C(C)C. The van der Waals surface area contributed by atoms with Crippen LogP contribution in [-0.2, 0) is 6.54 Å². The summed E-state index contributed by atoms with van der Waals surface area (Å²) in [5, 5.41) is 6.62. The number of methoxy groups -OCH3 is 1. The van der Waals surface area contributed by atoms with E-state index >= 15 is 0 Å². The van der Waals surface area contributed by atoms with Gasteiger partial charge >= 0.3 is 0 Å². The highest BCUT2D eigenvalue weighted by atomic mass is 16.5. The predicted octanol–water partition coefficient (Wildman–Crippen LogP) is 1.80. The summed E-state index contributed by atoms with van der Waals surface area (Å²) >= 11 is 0. The van der Waals surface area contributed by atoms with Gasteiger partial charge in [-0.05, 0) is 18.9 Å². The Morgan fingerprint density at radius 2 is 2.16 bits per heavy atom. The van der Waals surface area contributed by atoms with Crippen LogP contribution in [0.15, 0.2) is 23.3 Å². The summed E-state index contributed by atoms with van der Waals surface area (Å²) in [6.45, 7) is 7.12. The number of hydrogen-bond donors (Lipinski definition) is 2. The first-order valence-electron chi connectivity index (χ1n) is 6.53. The number of guanidine groups is 1. The van der Waals surface area contributed by atoms with Gasteiger partial charge in [-0.25, -0.2) is 4.98 Å². The van der Waals surface area contributed by atoms with Crippen LogP contribution < -0.4 is 15.4 Å². The van der Waals surface area contributed by atoms with Gasteiger partial charge < -0.3 is 15.4 Å². The standard InChI is InChI=1S/C14H24N4O/c1-10(2)11(3)18-14(15-4)17-9-12-7-6-8-16-13(12)19-5/h6-8,10-11H,9H2,1-5H3,(H2,15,17,18). The number of ether oxygens (including phenoxy) is 1. The third-order valence-corrected chi connectivity index (χ3v) is 3.08. The van der Waals surface area contributed by atoms with E-state index in [4.69, 9.17) is 4.74 Å². The summed E-state index contributed by atoms with van der Waals surface area (Å²) in [6.07, 6.45) is 1.72. The fourth-order valence-corrected chi connectivity index (χ4v) is 1.50. The van der Waals surface area contributed by atoms with Crippen molar-refractivity contribution in [1.29, 1.82) is 0 Å². The monoisotopic (exact) mass is 264 g/mol. The maximum atomic E-state index is 5.22. The van der Waals surface area contributed by atoms with E-state index in [1.807, 2.05) is 12.1 Å². The van der Waals surface area contributed by atoms with E-state index in [2.05, 4.69) is 41.4 Å². The quantitative estimate of drug-likeness (QED) is 0.629. The first-order chi connectivity index (χ1) is 9.08. The van der Waals surface area contributed by atoms with Gasteiger partial charge in [0.2, 0.25) is 5.88 Å². The van der Waals surface area contributed by atoms with E-state index < -0.39 is 0 Å². The van der Waals surface area contributed by atoms with Gasteiger partial charge in [0.25, 0.3) is 0 Å². The molecule has 0 aromatic carbocycles. The molecule has 0 bridgehead atoms. The third kappa shape index (κ3) is 4.77. The molecule has 1 aromatic heterocycles. The molecule has 0 spiro atoms. The Bertz CT molecular complexity index is 418. The maximum Gasteiger partial charge on any atom is 0.218 e. The van der Waals surface area contributed by atoms with E-state index in [0.717, 1.165) is 11.5 Å². The summed E-state index contributed by atoms with van der Waals surface area (Å²) in [7, 11) is 3.39. The topological polar surface area (TPSA) is 58.5 Å². The molecule has 0 amide bonds. The average molecular weight is 264 g/mol. The molecule has 2 N–H and O–H groups in total. The minimum absolute atomic E-state index is 0.363. The molecular formula is C14H24N4O. The molecule has 1 heterocycles. The normalized spacial score (nSPS) is 13.3. The van der Waals surface area contributed by atoms with Crippen molar-refractivity contribution in [2.24, 2.45) is 10.9 Å². The van der Waals surface area contributed by atoms with E-state index in [-0.39, 0.29) is 0 Å². The minimum Gasteiger partial charge on any atom is -0.481 e. The number of aromatic nitrogens is 1. The fraction of sp³-hybridized carbons (Fsp3) is 0.571. The van der Waals surface area contributed by atoms with Gasteiger partial charge in [-0.15, -0.1) is 0 Å². The van der Waals surface area contributed by atoms with Crippen LogP contribution >= 0.6 is 0 Å². The molecule has 106 valence electrons. The Balaban J connectivity index is 2.59. The molecule has 1 atom stereocenters. The van der Waals surface area contributed by atoms with Gasteiger partial charge in [-0.3, -0.25) is 4.99 Å². The van der Waals surface area contributed by atoms with Gasteiger partial charge in [0.15, 0.2) is 5.96 Å². The Hall–Kier alpha value is -1.78. The smallest absolute Gasteiger partial charge is 0.218 e. The van der Waals surface area contributed by atoms with Crippen LogP contribution in [0, 0.1) is 5.92 Å². The summed E-state index contributed by atoms with van der Waals surface area (Å²) in [5.74, 6) is 1.97. The van der Waals surface area contributed by atoms with Crippen molar-refractivity contribution < 1.29 is 4.74 Å². The highest BCUT2D eigenvalue weighted by Gasteiger charge is 2.09. The van der Waals surface area contributed by atoms with E-state index in [9.17, 15) is 0 Å². The molecule has 0 radical (unpaired) electrons. The predicted molar refractivity (Wildman–Crippen MR) is 78.4 cm³/mol. The molecule has 1 rings (SSSR count). The molecular weight excluding hydrogens is 240 g/mol. The lowest BCUT2D eigenvalue weighted by atomic mass is 10.1. The zero-order valence-electron chi connectivity index (χ0n) is 12.4. The first kappa shape index (κ1) is 15.3. The van der Waals surface area contributed by atoms with E-state index in [1.165, 1.54) is 0 Å². The van der Waals surface area contributed by atoms with Gasteiger partial charge in [-0.2, -0.15) is 0 Å². The molecule has 19 heavy (non-hydrogen) atoms. The van der Waals surface area contributed by atoms with Crippen molar-refractivity contribution >= 4 is 5.96 Å². The zero-order valence-corrected chi connectivity index (χ0v) is 12.4. The van der Waals surface area contributed by atoms with Gasteiger partial charge in [0.05, 0.1) is 7.11 Å². The Labute approximate surface area is 115 Å². The molecule has 0 saturated heterocycles. The number of nitrogens with zero attached hydrogens (tertiary/aromatic N) is 2. The van der Waals surface area contributed by atoms with Gasteiger partial charge in [0, 0.05) is 31.4 Å². The molecule has 1 unspecified atom stereocenters. The van der Waals surface area contributed by atoms with E-state index in [1.54, 1.807) is 20.4 Å². The molecule has 0 aliphatic rings. The lowest BCUT2D eigenvalue weighted by molar-refractivity contribution is 0.391. The van der Waals surface area contributed by atoms with Crippen LogP contribution in [0.1, 0.15) is 26.3 Å². The summed E-state index contributed by atoms with van der Waals surface area (Å²) < 4.78 is 5.22. The second-order valence-corrected chi connectivity index (χ2v) is 4.77. The molecule has 0 aliphatic carbocycles. The minimum atomic E-state index is 0.363. The number of nitrogens with one attached hydrogen (secondary N) is 2. The number of aliphatic imine (C=N–C) groups is 1. The third-order valence-electron chi connectivity index (χ3n) is 3.08. The first-order valence-corrected chi connectivity index (χ1v) is 6.53. The highest BCUT2D eigenvalue weighted by molar-refractivity contribution is 5.79. The van der Waals surface area contributed by atoms with Crippen LogP contribution in [-0.4, -0.2) is 31.1 Å². The molecule has 0 fully saturated rings. The number of hydrogen-bond acceptors (Lipinski definition) is 3. The van der Waals surface area contributed by atoms with Crippen molar-refractivity contribution in [2.45, 2.75) is 33.4 Å². The lowest BCUT2D eigenvalue weighted by Gasteiger charge is -2.21. The fourth-order valence-electron chi connectivity index (χ4n) is 1.50. The maximum absolute atomic E-state index is 5.22. The number of pyridine rings is 1. The summed E-state index contributed by atoms with van der Waals surface area (Å²) in [4.78, 5) is 8.38. The Morgan fingerprint density at radius 3 is 2.74 bits per heavy atom. The lowest BCUT2D eigenvalue weighted by Crippen LogP contribution is -2.43. The van der Waals surface area contributed by atoms with Crippen molar-refractivity contribution in [3.63, 3.8) is 0 Å². The second kappa shape index (κ2) is 7.61. The van der Waals surface area contributed by atoms with Crippen LogP contribution in [0.2, 0.25) is 0 Å². The van der Waals surface area contributed by atoms with Crippen molar-refractivity contribution in [2.75, 3.05) is 14.2 Å².